The summed E-state index contributed by atoms with van der Waals surface area (Å²) in [6.45, 7) is 3.45. The number of benzene rings is 2. The van der Waals surface area contributed by atoms with Gasteiger partial charge in [-0.3, -0.25) is 9.59 Å². The zero-order valence-electron chi connectivity index (χ0n) is 16.5. The van der Waals surface area contributed by atoms with Gasteiger partial charge in [0.05, 0.1) is 23.1 Å². The molecule has 0 fully saturated rings. The van der Waals surface area contributed by atoms with Crippen LogP contribution in [0.25, 0.3) is 0 Å². The summed E-state index contributed by atoms with van der Waals surface area (Å²) < 4.78 is 18.8. The smallest absolute Gasteiger partial charge is 0.341 e. The number of hydrogen-bond acceptors (Lipinski definition) is 5. The molecule has 0 aliphatic carbocycles. The van der Waals surface area contributed by atoms with Crippen molar-refractivity contribution in [3.05, 3.63) is 81.5 Å². The number of nitrogens with one attached hydrogen (secondary N) is 2. The monoisotopic (exact) mass is 426 g/mol. The first-order valence-corrected chi connectivity index (χ1v) is 9.79. The lowest BCUT2D eigenvalue weighted by Crippen LogP contribution is -2.15. The lowest BCUT2D eigenvalue weighted by molar-refractivity contribution is 0.0601. The number of para-hydroxylation sites is 1. The van der Waals surface area contributed by atoms with Crippen molar-refractivity contribution >= 4 is 39.8 Å². The molecule has 0 aliphatic rings. The van der Waals surface area contributed by atoms with Gasteiger partial charge in [-0.2, -0.15) is 0 Å². The van der Waals surface area contributed by atoms with E-state index in [1.807, 2.05) is 19.1 Å². The van der Waals surface area contributed by atoms with Crippen molar-refractivity contribution in [1.29, 1.82) is 0 Å². The zero-order chi connectivity index (χ0) is 21.8. The van der Waals surface area contributed by atoms with Gasteiger partial charge in [-0.1, -0.05) is 30.3 Å². The van der Waals surface area contributed by atoms with Gasteiger partial charge in [0.15, 0.2) is 0 Å². The highest BCUT2D eigenvalue weighted by molar-refractivity contribution is 7.19. The summed E-state index contributed by atoms with van der Waals surface area (Å²) >= 11 is 0.925. The zero-order valence-corrected chi connectivity index (χ0v) is 17.4. The van der Waals surface area contributed by atoms with Gasteiger partial charge in [-0.15, -0.1) is 11.3 Å². The van der Waals surface area contributed by atoms with Gasteiger partial charge in [0, 0.05) is 5.69 Å². The van der Waals surface area contributed by atoms with E-state index in [1.54, 1.807) is 19.1 Å². The quantitative estimate of drug-likeness (QED) is 0.574. The molecule has 0 saturated heterocycles. The second-order valence-electron chi connectivity index (χ2n) is 6.45. The molecule has 3 aromatic rings. The van der Waals surface area contributed by atoms with Crippen LogP contribution in [0.1, 0.15) is 41.5 Å². The van der Waals surface area contributed by atoms with E-state index in [0.717, 1.165) is 23.0 Å². The predicted molar refractivity (Wildman–Crippen MR) is 114 cm³/mol. The summed E-state index contributed by atoms with van der Waals surface area (Å²) in [5, 5.41) is 5.45. The minimum Gasteiger partial charge on any atom is -0.465 e. The maximum Gasteiger partial charge on any atom is 0.341 e. The lowest BCUT2D eigenvalue weighted by atomic mass is 10.1. The second-order valence-corrected chi connectivity index (χ2v) is 7.48. The molecule has 8 heteroatoms. The van der Waals surface area contributed by atoms with Crippen molar-refractivity contribution in [3.63, 3.8) is 0 Å². The molecular formula is C22H19FN2O4S. The minimum atomic E-state index is -0.731. The average Bonchev–Trinajstić information content (AvgIpc) is 3.05. The van der Waals surface area contributed by atoms with Gasteiger partial charge in [-0.25, -0.2) is 9.18 Å². The van der Waals surface area contributed by atoms with E-state index < -0.39 is 23.6 Å². The van der Waals surface area contributed by atoms with E-state index in [4.69, 9.17) is 4.74 Å². The Morgan fingerprint density at radius 3 is 2.27 bits per heavy atom. The number of carbonyl (C=O) groups is 3. The molecule has 3 rings (SSSR count). The van der Waals surface area contributed by atoms with Gasteiger partial charge in [0.1, 0.15) is 10.8 Å². The highest BCUT2D eigenvalue weighted by Crippen LogP contribution is 2.35. The van der Waals surface area contributed by atoms with Crippen molar-refractivity contribution in [2.45, 2.75) is 13.8 Å². The van der Waals surface area contributed by atoms with Crippen LogP contribution in [0, 0.1) is 19.7 Å². The Balaban J connectivity index is 1.96. The van der Waals surface area contributed by atoms with Crippen LogP contribution in [0.2, 0.25) is 0 Å². The summed E-state index contributed by atoms with van der Waals surface area (Å²) in [6, 6.07) is 12.8. The van der Waals surface area contributed by atoms with E-state index in [1.165, 1.54) is 25.3 Å². The van der Waals surface area contributed by atoms with Gasteiger partial charge in [0.2, 0.25) is 0 Å². The molecule has 0 saturated carbocycles. The molecule has 2 aromatic carbocycles. The SMILES string of the molecule is COC(=O)c1c(NC(=O)c2ccccc2F)sc(C(=O)Nc2ccccc2C)c1C. The van der Waals surface area contributed by atoms with Crippen LogP contribution in [-0.2, 0) is 4.74 Å². The maximum absolute atomic E-state index is 13.9. The number of hydrogen-bond donors (Lipinski definition) is 2. The van der Waals surface area contributed by atoms with E-state index in [2.05, 4.69) is 10.6 Å². The Kier molecular flexibility index (Phi) is 6.27. The van der Waals surface area contributed by atoms with E-state index >= 15 is 0 Å². The molecule has 0 unspecified atom stereocenters. The van der Waals surface area contributed by atoms with E-state index in [-0.39, 0.29) is 21.0 Å². The fourth-order valence-corrected chi connectivity index (χ4v) is 3.96. The first kappa shape index (κ1) is 21.2. The Morgan fingerprint density at radius 1 is 0.933 bits per heavy atom. The van der Waals surface area contributed by atoms with Crippen molar-refractivity contribution in [2.24, 2.45) is 0 Å². The highest BCUT2D eigenvalue weighted by atomic mass is 32.1. The molecule has 6 nitrogen and oxygen atoms in total. The fraction of sp³-hybridized carbons (Fsp3) is 0.136. The van der Waals surface area contributed by atoms with Crippen LogP contribution in [0.5, 0.6) is 0 Å². The van der Waals surface area contributed by atoms with Crippen LogP contribution in [0.4, 0.5) is 15.1 Å². The molecule has 0 aliphatic heterocycles. The number of thiophene rings is 1. The number of rotatable bonds is 5. The molecule has 0 spiro atoms. The van der Waals surface area contributed by atoms with Crippen molar-refractivity contribution < 1.29 is 23.5 Å². The largest absolute Gasteiger partial charge is 0.465 e. The van der Waals surface area contributed by atoms with E-state index in [9.17, 15) is 18.8 Å². The Hall–Kier alpha value is -3.52. The van der Waals surface area contributed by atoms with Crippen LogP contribution < -0.4 is 10.6 Å². The number of amides is 2. The van der Waals surface area contributed by atoms with Crippen molar-refractivity contribution in [1.82, 2.24) is 0 Å². The third-order valence-corrected chi connectivity index (χ3v) is 5.69. The average molecular weight is 426 g/mol. The molecule has 1 heterocycles. The first-order chi connectivity index (χ1) is 14.3. The third-order valence-electron chi connectivity index (χ3n) is 4.48. The number of anilines is 2. The predicted octanol–water partition coefficient (Wildman–Crippen LogP) is 4.80. The third kappa shape index (κ3) is 4.23. The van der Waals surface area contributed by atoms with Crippen molar-refractivity contribution in [3.8, 4) is 0 Å². The number of esters is 1. The van der Waals surface area contributed by atoms with Gasteiger partial charge < -0.3 is 15.4 Å². The Bertz CT molecular complexity index is 1140. The number of ether oxygens (including phenoxy) is 1. The molecule has 0 atom stereocenters. The number of aryl methyl sites for hydroxylation is 1. The number of halogens is 1. The summed E-state index contributed by atoms with van der Waals surface area (Å²) in [5.74, 6) is -2.56. The topological polar surface area (TPSA) is 84.5 Å². The number of methoxy groups -OCH3 is 1. The molecule has 0 radical (unpaired) electrons. The van der Waals surface area contributed by atoms with Gasteiger partial charge >= 0.3 is 5.97 Å². The summed E-state index contributed by atoms with van der Waals surface area (Å²) in [6.07, 6.45) is 0. The van der Waals surface area contributed by atoms with Crippen molar-refractivity contribution in [2.75, 3.05) is 17.7 Å². The van der Waals surface area contributed by atoms with Gasteiger partial charge in [0.25, 0.3) is 11.8 Å². The first-order valence-electron chi connectivity index (χ1n) is 8.98. The Labute approximate surface area is 176 Å². The molecule has 30 heavy (non-hydrogen) atoms. The van der Waals surface area contributed by atoms with E-state index in [0.29, 0.717) is 11.3 Å². The van der Waals surface area contributed by atoms with Crippen LogP contribution in [0.3, 0.4) is 0 Å². The summed E-state index contributed by atoms with van der Waals surface area (Å²) in [7, 11) is 1.20. The molecule has 154 valence electrons. The molecular weight excluding hydrogens is 407 g/mol. The second kappa shape index (κ2) is 8.87. The van der Waals surface area contributed by atoms with Crippen LogP contribution >= 0.6 is 11.3 Å². The molecule has 2 N–H and O–H groups in total. The Morgan fingerprint density at radius 2 is 1.60 bits per heavy atom. The molecule has 0 bridgehead atoms. The van der Waals surface area contributed by atoms with Crippen LogP contribution in [-0.4, -0.2) is 24.9 Å². The molecule has 1 aromatic heterocycles. The standard InChI is InChI=1S/C22H19FN2O4S/c1-12-8-4-7-11-16(12)24-20(27)18-13(2)17(22(28)29-3)21(30-18)25-19(26)14-9-5-6-10-15(14)23/h4-11H,1-3H3,(H,24,27)(H,25,26). The van der Waals surface area contributed by atoms with Gasteiger partial charge in [-0.05, 0) is 43.2 Å². The summed E-state index contributed by atoms with van der Waals surface area (Å²) in [4.78, 5) is 37.9. The molecule has 2 amide bonds. The highest BCUT2D eigenvalue weighted by Gasteiger charge is 2.27. The fourth-order valence-electron chi connectivity index (χ4n) is 2.87. The lowest BCUT2D eigenvalue weighted by Gasteiger charge is -2.07. The summed E-state index contributed by atoms with van der Waals surface area (Å²) in [5.41, 5.74) is 1.75. The number of carbonyl (C=O) groups excluding carboxylic acids is 3. The minimum absolute atomic E-state index is 0.0575. The normalized spacial score (nSPS) is 10.4. The van der Waals surface area contributed by atoms with Crippen LogP contribution in [0.15, 0.2) is 48.5 Å². The maximum atomic E-state index is 13.9.